The third kappa shape index (κ3) is 6.90. The predicted molar refractivity (Wildman–Crippen MR) is 57.2 cm³/mol. The number of rotatable bonds is 6. The van der Waals surface area contributed by atoms with Crippen LogP contribution in [0.5, 0.6) is 0 Å². The molecule has 1 unspecified atom stereocenters. The number of hydrogen-bond acceptors (Lipinski definition) is 3. The molecule has 5 heteroatoms. The molecule has 2 N–H and O–H groups in total. The van der Waals surface area contributed by atoms with Gasteiger partial charge in [-0.15, -0.1) is 0 Å². The summed E-state index contributed by atoms with van der Waals surface area (Å²) >= 11 is 0. The molecule has 0 rings (SSSR count). The molecule has 0 spiro atoms. The Hall–Kier alpha value is -1.10. The van der Waals surface area contributed by atoms with Crippen LogP contribution in [0.15, 0.2) is 0 Å². The molecule has 0 aliphatic heterocycles. The minimum Gasteiger partial charge on any atom is -0.393 e. The third-order valence-corrected chi connectivity index (χ3v) is 1.96. The van der Waals surface area contributed by atoms with Gasteiger partial charge < -0.3 is 15.3 Å². The van der Waals surface area contributed by atoms with Crippen molar-refractivity contribution in [3.8, 4) is 0 Å². The molecule has 1 atom stereocenters. The average Bonchev–Trinajstić information content (AvgIpc) is 2.14. The number of carbonyl (C=O) groups excluding carboxylic acids is 2. The molecular formula is C10H20N2O3. The molecular weight excluding hydrogens is 196 g/mol. The Morgan fingerprint density at radius 2 is 2.07 bits per heavy atom. The van der Waals surface area contributed by atoms with Gasteiger partial charge in [-0.2, -0.15) is 0 Å². The van der Waals surface area contributed by atoms with Crippen LogP contribution in [0.25, 0.3) is 0 Å². The number of nitrogens with zero attached hydrogens (tertiary/aromatic N) is 1. The van der Waals surface area contributed by atoms with Gasteiger partial charge in [-0.1, -0.05) is 0 Å². The molecule has 0 saturated carbocycles. The van der Waals surface area contributed by atoms with E-state index in [1.807, 2.05) is 6.92 Å². The highest BCUT2D eigenvalue weighted by atomic mass is 16.3. The fourth-order valence-electron chi connectivity index (χ4n) is 1.08. The molecule has 0 aromatic carbocycles. The molecule has 0 saturated heterocycles. The van der Waals surface area contributed by atoms with E-state index in [9.17, 15) is 9.59 Å². The van der Waals surface area contributed by atoms with Gasteiger partial charge in [0.15, 0.2) is 0 Å². The van der Waals surface area contributed by atoms with E-state index in [-0.39, 0.29) is 24.8 Å². The van der Waals surface area contributed by atoms with Gasteiger partial charge in [0.05, 0.1) is 12.6 Å². The lowest BCUT2D eigenvalue weighted by atomic mass is 10.2. The number of aliphatic hydroxyl groups is 1. The van der Waals surface area contributed by atoms with Crippen molar-refractivity contribution in [2.75, 3.05) is 20.1 Å². The van der Waals surface area contributed by atoms with Gasteiger partial charge in [0.25, 0.3) is 0 Å². The SMILES string of the molecule is CCNC(=O)CN(C)C(=O)CCC(C)O. The largest absolute Gasteiger partial charge is 0.393 e. The third-order valence-electron chi connectivity index (χ3n) is 1.96. The number of nitrogens with one attached hydrogen (secondary N) is 1. The van der Waals surface area contributed by atoms with E-state index in [2.05, 4.69) is 5.32 Å². The molecule has 0 aromatic heterocycles. The van der Waals surface area contributed by atoms with Gasteiger partial charge in [-0.05, 0) is 20.3 Å². The summed E-state index contributed by atoms with van der Waals surface area (Å²) in [6.07, 6.45) is 0.221. The molecule has 0 radical (unpaired) electrons. The fraction of sp³-hybridized carbons (Fsp3) is 0.800. The van der Waals surface area contributed by atoms with E-state index in [1.165, 1.54) is 4.90 Å². The van der Waals surface area contributed by atoms with Crippen LogP contribution in [0.2, 0.25) is 0 Å². The molecule has 88 valence electrons. The van der Waals surface area contributed by atoms with Crippen molar-refractivity contribution in [2.24, 2.45) is 0 Å². The normalized spacial score (nSPS) is 12.0. The number of hydrogen-bond donors (Lipinski definition) is 2. The summed E-state index contributed by atoms with van der Waals surface area (Å²) in [6.45, 7) is 4.10. The first-order valence-electron chi connectivity index (χ1n) is 5.16. The predicted octanol–water partition coefficient (Wildman–Crippen LogP) is -0.258. The van der Waals surface area contributed by atoms with Gasteiger partial charge >= 0.3 is 0 Å². The van der Waals surface area contributed by atoms with Gasteiger partial charge in [-0.25, -0.2) is 0 Å². The first-order valence-corrected chi connectivity index (χ1v) is 5.16. The topological polar surface area (TPSA) is 69.6 Å². The molecule has 15 heavy (non-hydrogen) atoms. The van der Waals surface area contributed by atoms with E-state index in [0.29, 0.717) is 13.0 Å². The van der Waals surface area contributed by atoms with Crippen LogP contribution in [-0.2, 0) is 9.59 Å². The highest BCUT2D eigenvalue weighted by Crippen LogP contribution is 1.99. The monoisotopic (exact) mass is 216 g/mol. The highest BCUT2D eigenvalue weighted by molar-refractivity contribution is 5.84. The minimum atomic E-state index is -0.480. The Labute approximate surface area is 90.5 Å². The van der Waals surface area contributed by atoms with E-state index in [4.69, 9.17) is 5.11 Å². The van der Waals surface area contributed by atoms with E-state index < -0.39 is 6.10 Å². The smallest absolute Gasteiger partial charge is 0.239 e. The average molecular weight is 216 g/mol. The zero-order chi connectivity index (χ0) is 11.8. The molecule has 0 aliphatic carbocycles. The lowest BCUT2D eigenvalue weighted by Gasteiger charge is -2.16. The van der Waals surface area contributed by atoms with Gasteiger partial charge in [0, 0.05) is 20.0 Å². The van der Waals surface area contributed by atoms with Gasteiger partial charge in [-0.3, -0.25) is 9.59 Å². The van der Waals surface area contributed by atoms with E-state index in [1.54, 1.807) is 14.0 Å². The maximum absolute atomic E-state index is 11.4. The Morgan fingerprint density at radius 1 is 1.47 bits per heavy atom. The van der Waals surface area contributed by atoms with Crippen LogP contribution in [0.3, 0.4) is 0 Å². The summed E-state index contributed by atoms with van der Waals surface area (Å²) in [6, 6.07) is 0. The first-order chi connectivity index (χ1) is 6.97. The molecule has 0 fully saturated rings. The summed E-state index contributed by atoms with van der Waals surface area (Å²) in [4.78, 5) is 23.9. The highest BCUT2D eigenvalue weighted by Gasteiger charge is 2.12. The van der Waals surface area contributed by atoms with Gasteiger partial charge in [0.1, 0.15) is 0 Å². The maximum Gasteiger partial charge on any atom is 0.239 e. The minimum absolute atomic E-state index is 0.0759. The number of aliphatic hydroxyl groups excluding tert-OH is 1. The van der Waals surface area contributed by atoms with E-state index in [0.717, 1.165) is 0 Å². The lowest BCUT2D eigenvalue weighted by Crippen LogP contribution is -2.38. The van der Waals surface area contributed by atoms with Crippen LogP contribution in [0, 0.1) is 0 Å². The molecule has 2 amide bonds. The van der Waals surface area contributed by atoms with Crippen molar-refractivity contribution in [2.45, 2.75) is 32.8 Å². The first kappa shape index (κ1) is 13.9. The summed E-state index contributed by atoms with van der Waals surface area (Å²) < 4.78 is 0. The second-order valence-corrected chi connectivity index (χ2v) is 3.59. The number of carbonyl (C=O) groups is 2. The van der Waals surface area contributed by atoms with E-state index >= 15 is 0 Å². The Bertz CT molecular complexity index is 217. The number of amides is 2. The summed E-state index contributed by atoms with van der Waals surface area (Å²) in [5, 5.41) is 11.6. The fourth-order valence-corrected chi connectivity index (χ4v) is 1.08. The molecule has 5 nitrogen and oxygen atoms in total. The lowest BCUT2D eigenvalue weighted by molar-refractivity contribution is -0.135. The van der Waals surface area contributed by atoms with Crippen molar-refractivity contribution in [1.82, 2.24) is 10.2 Å². The summed E-state index contributed by atoms with van der Waals surface area (Å²) in [7, 11) is 1.58. The van der Waals surface area contributed by atoms with Crippen LogP contribution < -0.4 is 5.32 Å². The zero-order valence-corrected chi connectivity index (χ0v) is 9.62. The Morgan fingerprint density at radius 3 is 2.53 bits per heavy atom. The Balaban J connectivity index is 3.83. The summed E-state index contributed by atoms with van der Waals surface area (Å²) in [5.41, 5.74) is 0. The van der Waals surface area contributed by atoms with Crippen molar-refractivity contribution >= 4 is 11.8 Å². The van der Waals surface area contributed by atoms with Crippen molar-refractivity contribution in [3.63, 3.8) is 0 Å². The molecule has 0 bridgehead atoms. The molecule has 0 aliphatic rings. The Kier molecular flexibility index (Phi) is 6.70. The van der Waals surface area contributed by atoms with Crippen LogP contribution in [-0.4, -0.2) is 48.1 Å². The standard InChI is InChI=1S/C10H20N2O3/c1-4-11-9(14)7-12(3)10(15)6-5-8(2)13/h8,13H,4-7H2,1-3H3,(H,11,14). The van der Waals surface area contributed by atoms with Crippen LogP contribution in [0.4, 0.5) is 0 Å². The zero-order valence-electron chi connectivity index (χ0n) is 9.62. The van der Waals surface area contributed by atoms with Crippen LogP contribution >= 0.6 is 0 Å². The summed E-state index contributed by atoms with van der Waals surface area (Å²) in [5.74, 6) is -0.285. The van der Waals surface area contributed by atoms with Crippen molar-refractivity contribution in [1.29, 1.82) is 0 Å². The van der Waals surface area contributed by atoms with Crippen molar-refractivity contribution in [3.05, 3.63) is 0 Å². The van der Waals surface area contributed by atoms with Crippen LogP contribution in [0.1, 0.15) is 26.7 Å². The quantitative estimate of drug-likeness (QED) is 0.643. The molecule has 0 heterocycles. The second kappa shape index (κ2) is 7.23. The second-order valence-electron chi connectivity index (χ2n) is 3.59. The van der Waals surface area contributed by atoms with Gasteiger partial charge in [0.2, 0.25) is 11.8 Å². The molecule has 0 aromatic rings. The number of likely N-dealkylation sites (N-methyl/N-ethyl adjacent to an activating group) is 2. The maximum atomic E-state index is 11.4. The van der Waals surface area contributed by atoms with Crippen molar-refractivity contribution < 1.29 is 14.7 Å².